The molecule has 0 saturated heterocycles. The minimum atomic E-state index is -3.14. The number of aryl methyl sites for hydroxylation is 1. The van der Waals surface area contributed by atoms with Crippen LogP contribution in [0.2, 0.25) is 0 Å². The van der Waals surface area contributed by atoms with Crippen LogP contribution in [0.4, 0.5) is 5.69 Å². The molecule has 0 spiro atoms. The quantitative estimate of drug-likeness (QED) is 0.929. The van der Waals surface area contributed by atoms with E-state index in [2.05, 4.69) is 10.3 Å². The van der Waals surface area contributed by atoms with Gasteiger partial charge in [-0.05, 0) is 31.2 Å². The Bertz CT molecular complexity index is 659. The molecule has 1 atom stereocenters. The van der Waals surface area contributed by atoms with E-state index in [0.717, 1.165) is 11.5 Å². The maximum absolute atomic E-state index is 11.4. The standard InChI is InChI=1S/C13H17N3O2S/c1-10(13-14-8-9-16(13)2)15-11-4-6-12(7-5-11)19(3,17)18/h4-10,15H,1-3H3. The smallest absolute Gasteiger partial charge is 0.175 e. The van der Waals surface area contributed by atoms with Gasteiger partial charge in [0.25, 0.3) is 0 Å². The van der Waals surface area contributed by atoms with Crippen molar-refractivity contribution in [2.75, 3.05) is 11.6 Å². The van der Waals surface area contributed by atoms with Gasteiger partial charge in [0.2, 0.25) is 0 Å². The number of nitrogens with zero attached hydrogens (tertiary/aromatic N) is 2. The number of hydrogen-bond acceptors (Lipinski definition) is 4. The summed E-state index contributed by atoms with van der Waals surface area (Å²) in [5.74, 6) is 0.923. The fourth-order valence-corrected chi connectivity index (χ4v) is 2.54. The molecule has 1 aromatic carbocycles. The van der Waals surface area contributed by atoms with Gasteiger partial charge in [0.15, 0.2) is 9.84 Å². The van der Waals surface area contributed by atoms with Gasteiger partial charge in [-0.2, -0.15) is 0 Å². The van der Waals surface area contributed by atoms with Crippen LogP contribution >= 0.6 is 0 Å². The summed E-state index contributed by atoms with van der Waals surface area (Å²) in [4.78, 5) is 4.60. The molecule has 1 N–H and O–H groups in total. The Balaban J connectivity index is 2.14. The number of anilines is 1. The average molecular weight is 279 g/mol. The van der Waals surface area contributed by atoms with Gasteiger partial charge in [0.1, 0.15) is 5.82 Å². The normalized spacial score (nSPS) is 13.2. The van der Waals surface area contributed by atoms with Crippen molar-refractivity contribution in [3.05, 3.63) is 42.5 Å². The molecule has 1 aromatic heterocycles. The van der Waals surface area contributed by atoms with Crippen LogP contribution in [0.15, 0.2) is 41.6 Å². The van der Waals surface area contributed by atoms with Crippen LogP contribution in [0.25, 0.3) is 0 Å². The van der Waals surface area contributed by atoms with E-state index in [1.807, 2.05) is 24.7 Å². The fraction of sp³-hybridized carbons (Fsp3) is 0.308. The van der Waals surface area contributed by atoms with Gasteiger partial charge < -0.3 is 9.88 Å². The van der Waals surface area contributed by atoms with Crippen molar-refractivity contribution in [3.63, 3.8) is 0 Å². The Morgan fingerprint density at radius 3 is 2.37 bits per heavy atom. The highest BCUT2D eigenvalue weighted by atomic mass is 32.2. The molecule has 0 amide bonds. The van der Waals surface area contributed by atoms with Gasteiger partial charge in [0.05, 0.1) is 10.9 Å². The molecule has 6 heteroatoms. The van der Waals surface area contributed by atoms with Crippen molar-refractivity contribution < 1.29 is 8.42 Å². The molecule has 0 bridgehead atoms. The van der Waals surface area contributed by atoms with Crippen molar-refractivity contribution >= 4 is 15.5 Å². The maximum atomic E-state index is 11.4. The number of rotatable bonds is 4. The summed E-state index contributed by atoms with van der Waals surface area (Å²) in [7, 11) is -1.20. The Hall–Kier alpha value is -1.82. The Morgan fingerprint density at radius 1 is 1.26 bits per heavy atom. The Labute approximate surface area is 113 Å². The summed E-state index contributed by atoms with van der Waals surface area (Å²) in [6.07, 6.45) is 4.84. The molecule has 102 valence electrons. The molecular formula is C13H17N3O2S. The fourth-order valence-electron chi connectivity index (χ4n) is 1.91. The van der Waals surface area contributed by atoms with Crippen LogP contribution in [0, 0.1) is 0 Å². The predicted molar refractivity (Wildman–Crippen MR) is 74.8 cm³/mol. The van der Waals surface area contributed by atoms with E-state index in [4.69, 9.17) is 0 Å². The molecule has 1 heterocycles. The van der Waals surface area contributed by atoms with Gasteiger partial charge >= 0.3 is 0 Å². The molecule has 19 heavy (non-hydrogen) atoms. The SMILES string of the molecule is CC(Nc1ccc(S(C)(=O)=O)cc1)c1nccn1C. The second kappa shape index (κ2) is 5.05. The third kappa shape index (κ3) is 3.14. The Morgan fingerprint density at radius 2 is 1.89 bits per heavy atom. The first kappa shape index (κ1) is 13.6. The zero-order chi connectivity index (χ0) is 14.0. The molecule has 5 nitrogen and oxygen atoms in total. The van der Waals surface area contributed by atoms with Gasteiger partial charge in [-0.25, -0.2) is 13.4 Å². The van der Waals surface area contributed by atoms with Gasteiger partial charge in [-0.3, -0.25) is 0 Å². The number of nitrogens with one attached hydrogen (secondary N) is 1. The number of aromatic nitrogens is 2. The highest BCUT2D eigenvalue weighted by molar-refractivity contribution is 7.90. The molecule has 2 aromatic rings. The summed E-state index contributed by atoms with van der Waals surface area (Å²) in [6, 6.07) is 6.76. The van der Waals surface area contributed by atoms with E-state index in [0.29, 0.717) is 4.90 Å². The molecule has 1 unspecified atom stereocenters. The van der Waals surface area contributed by atoms with Crippen LogP contribution in [-0.4, -0.2) is 24.2 Å². The van der Waals surface area contributed by atoms with Crippen molar-refractivity contribution in [1.29, 1.82) is 0 Å². The Kier molecular flexibility index (Phi) is 3.61. The first-order valence-corrected chi connectivity index (χ1v) is 7.81. The first-order chi connectivity index (χ1) is 8.88. The third-order valence-corrected chi connectivity index (χ3v) is 4.04. The van der Waals surface area contributed by atoms with Crippen molar-refractivity contribution in [1.82, 2.24) is 9.55 Å². The highest BCUT2D eigenvalue weighted by Crippen LogP contribution is 2.19. The average Bonchev–Trinajstić information content (AvgIpc) is 2.75. The van der Waals surface area contributed by atoms with Gasteiger partial charge in [-0.1, -0.05) is 0 Å². The summed E-state index contributed by atoms with van der Waals surface area (Å²) in [5, 5.41) is 3.29. The molecule has 0 saturated carbocycles. The lowest BCUT2D eigenvalue weighted by Gasteiger charge is -2.15. The van der Waals surface area contributed by atoms with Crippen LogP contribution in [0.3, 0.4) is 0 Å². The third-order valence-electron chi connectivity index (χ3n) is 2.91. The van der Waals surface area contributed by atoms with E-state index < -0.39 is 9.84 Å². The second-order valence-corrected chi connectivity index (χ2v) is 6.57. The van der Waals surface area contributed by atoms with Crippen molar-refractivity contribution in [2.45, 2.75) is 17.9 Å². The summed E-state index contributed by atoms with van der Waals surface area (Å²) in [6.45, 7) is 2.01. The van der Waals surface area contributed by atoms with E-state index in [1.54, 1.807) is 30.5 Å². The topological polar surface area (TPSA) is 64.0 Å². The van der Waals surface area contributed by atoms with Crippen molar-refractivity contribution in [3.8, 4) is 0 Å². The van der Waals surface area contributed by atoms with Crippen molar-refractivity contribution in [2.24, 2.45) is 7.05 Å². The van der Waals surface area contributed by atoms with Gasteiger partial charge in [0, 0.05) is 31.4 Å². The van der Waals surface area contributed by atoms with Crippen LogP contribution in [-0.2, 0) is 16.9 Å². The number of imidazole rings is 1. The lowest BCUT2D eigenvalue weighted by molar-refractivity contribution is 0.602. The van der Waals surface area contributed by atoms with E-state index in [9.17, 15) is 8.42 Å². The molecule has 0 aliphatic heterocycles. The minimum Gasteiger partial charge on any atom is -0.375 e. The van der Waals surface area contributed by atoms with Crippen LogP contribution in [0.1, 0.15) is 18.8 Å². The van der Waals surface area contributed by atoms with E-state index in [-0.39, 0.29) is 6.04 Å². The molecule has 0 aliphatic rings. The van der Waals surface area contributed by atoms with E-state index >= 15 is 0 Å². The lowest BCUT2D eigenvalue weighted by Crippen LogP contribution is -2.11. The number of benzene rings is 1. The molecule has 0 radical (unpaired) electrons. The second-order valence-electron chi connectivity index (χ2n) is 4.56. The first-order valence-electron chi connectivity index (χ1n) is 5.92. The largest absolute Gasteiger partial charge is 0.375 e. The predicted octanol–water partition coefficient (Wildman–Crippen LogP) is 2.00. The molecule has 0 aliphatic carbocycles. The molecule has 2 rings (SSSR count). The number of hydrogen-bond donors (Lipinski definition) is 1. The van der Waals surface area contributed by atoms with Gasteiger partial charge in [-0.15, -0.1) is 0 Å². The van der Waals surface area contributed by atoms with Crippen LogP contribution in [0.5, 0.6) is 0 Å². The summed E-state index contributed by atoms with van der Waals surface area (Å²) < 4.78 is 24.7. The van der Waals surface area contributed by atoms with Crippen LogP contribution < -0.4 is 5.32 Å². The molecular weight excluding hydrogens is 262 g/mol. The summed E-state index contributed by atoms with van der Waals surface area (Å²) >= 11 is 0. The maximum Gasteiger partial charge on any atom is 0.175 e. The van der Waals surface area contributed by atoms with E-state index in [1.165, 1.54) is 6.26 Å². The summed E-state index contributed by atoms with van der Waals surface area (Å²) in [5.41, 5.74) is 0.864. The zero-order valence-electron chi connectivity index (χ0n) is 11.2. The lowest BCUT2D eigenvalue weighted by atomic mass is 10.2. The minimum absolute atomic E-state index is 0.0454. The molecule has 0 fully saturated rings. The number of sulfone groups is 1. The zero-order valence-corrected chi connectivity index (χ0v) is 12.0. The highest BCUT2D eigenvalue weighted by Gasteiger charge is 2.11. The monoisotopic (exact) mass is 279 g/mol.